The summed E-state index contributed by atoms with van der Waals surface area (Å²) in [5.41, 5.74) is 1.12. The molecule has 2 aromatic heterocycles. The van der Waals surface area contributed by atoms with Crippen molar-refractivity contribution in [3.05, 3.63) is 27.2 Å². The normalized spacial score (nSPS) is 10.5. The van der Waals surface area contributed by atoms with Gasteiger partial charge < -0.3 is 10.6 Å². The lowest BCUT2D eigenvalue weighted by Gasteiger charge is -2.04. The number of rotatable bonds is 7. The lowest BCUT2D eigenvalue weighted by atomic mass is 10.3. The fourth-order valence-corrected chi connectivity index (χ4v) is 3.45. The van der Waals surface area contributed by atoms with Gasteiger partial charge in [0.05, 0.1) is 10.7 Å². The highest BCUT2D eigenvalue weighted by atomic mass is 32.1. The topological polar surface area (TPSA) is 84.0 Å². The smallest absolute Gasteiger partial charge is 0.235 e. The number of amides is 2. The lowest BCUT2D eigenvalue weighted by molar-refractivity contribution is -0.126. The summed E-state index contributed by atoms with van der Waals surface area (Å²) in [6, 6.07) is 0. The van der Waals surface area contributed by atoms with E-state index in [-0.39, 0.29) is 18.2 Å². The second kappa shape index (κ2) is 8.00. The molecule has 2 amide bonds. The van der Waals surface area contributed by atoms with E-state index in [4.69, 9.17) is 0 Å². The van der Waals surface area contributed by atoms with Crippen molar-refractivity contribution in [2.45, 2.75) is 33.1 Å². The average molecular weight is 338 g/mol. The Morgan fingerprint density at radius 3 is 2.77 bits per heavy atom. The highest BCUT2D eigenvalue weighted by Gasteiger charge is 2.11. The van der Waals surface area contributed by atoms with Crippen molar-refractivity contribution >= 4 is 39.6 Å². The zero-order valence-electron chi connectivity index (χ0n) is 12.5. The number of thiazole rings is 2. The molecule has 6 nitrogen and oxygen atoms in total. The molecule has 2 rings (SSSR count). The van der Waals surface area contributed by atoms with Crippen molar-refractivity contribution in [1.82, 2.24) is 15.3 Å². The Morgan fingerprint density at radius 2 is 2.14 bits per heavy atom. The van der Waals surface area contributed by atoms with Gasteiger partial charge in [-0.3, -0.25) is 9.59 Å². The highest BCUT2D eigenvalue weighted by molar-refractivity contribution is 7.13. The number of hydrogen-bond acceptors (Lipinski definition) is 6. The van der Waals surface area contributed by atoms with Crippen molar-refractivity contribution in [3.63, 3.8) is 0 Å². The van der Waals surface area contributed by atoms with Gasteiger partial charge in [-0.1, -0.05) is 6.92 Å². The van der Waals surface area contributed by atoms with Crippen LogP contribution in [-0.4, -0.2) is 28.3 Å². The molecular formula is C14H18N4O2S2. The van der Waals surface area contributed by atoms with Crippen molar-refractivity contribution in [2.24, 2.45) is 0 Å². The minimum atomic E-state index is -0.356. The van der Waals surface area contributed by atoms with Gasteiger partial charge in [-0.15, -0.1) is 22.7 Å². The fraction of sp³-hybridized carbons (Fsp3) is 0.429. The first-order valence-corrected chi connectivity index (χ1v) is 8.69. The molecule has 0 atom stereocenters. The zero-order valence-corrected chi connectivity index (χ0v) is 14.1. The molecule has 8 heteroatoms. The van der Waals surface area contributed by atoms with Crippen LogP contribution in [0.4, 0.5) is 5.13 Å². The van der Waals surface area contributed by atoms with Crippen molar-refractivity contribution < 1.29 is 9.59 Å². The van der Waals surface area contributed by atoms with Gasteiger partial charge in [0, 0.05) is 29.4 Å². The maximum absolute atomic E-state index is 11.7. The molecule has 0 aromatic carbocycles. The molecule has 2 aromatic rings. The maximum atomic E-state index is 11.7. The van der Waals surface area contributed by atoms with E-state index in [1.807, 2.05) is 0 Å². The van der Waals surface area contributed by atoms with Gasteiger partial charge in [0.15, 0.2) is 5.13 Å². The Morgan fingerprint density at radius 1 is 1.32 bits per heavy atom. The molecule has 0 radical (unpaired) electrons. The molecule has 0 aliphatic heterocycles. The molecule has 22 heavy (non-hydrogen) atoms. The Balaban J connectivity index is 1.70. The predicted octanol–water partition coefficient (Wildman–Crippen LogP) is 2.16. The van der Waals surface area contributed by atoms with Crippen LogP contribution in [0.1, 0.15) is 28.9 Å². The third kappa shape index (κ3) is 4.88. The standard InChI is InChI=1S/C14H18N4O2S2/c1-3-10-9(2)22-13(17-10)4-5-15-11(19)8-12(20)18-14-16-6-7-21-14/h6-7H,3-5,8H2,1-2H3,(H,15,19)(H,16,18,20). The zero-order chi connectivity index (χ0) is 15.9. The lowest BCUT2D eigenvalue weighted by Crippen LogP contribution is -2.29. The SMILES string of the molecule is CCc1nc(CCNC(=O)CC(=O)Nc2nccs2)sc1C. The Bertz CT molecular complexity index is 637. The predicted molar refractivity (Wildman–Crippen MR) is 88.3 cm³/mol. The van der Waals surface area contributed by atoms with Crippen LogP contribution in [0.5, 0.6) is 0 Å². The van der Waals surface area contributed by atoms with Crippen LogP contribution in [-0.2, 0) is 22.4 Å². The van der Waals surface area contributed by atoms with Gasteiger partial charge in [0.2, 0.25) is 11.8 Å². The summed E-state index contributed by atoms with van der Waals surface area (Å²) in [4.78, 5) is 33.0. The molecule has 0 aliphatic carbocycles. The van der Waals surface area contributed by atoms with Crippen molar-refractivity contribution in [2.75, 3.05) is 11.9 Å². The second-order valence-corrected chi connectivity index (χ2v) is 6.81. The molecule has 118 valence electrons. The van der Waals surface area contributed by atoms with Crippen molar-refractivity contribution in [3.8, 4) is 0 Å². The average Bonchev–Trinajstić information content (AvgIpc) is 3.08. The first-order valence-electron chi connectivity index (χ1n) is 6.99. The van der Waals surface area contributed by atoms with Crippen LogP contribution in [0.2, 0.25) is 0 Å². The molecule has 0 fully saturated rings. The first kappa shape index (κ1) is 16.6. The van der Waals surface area contributed by atoms with Crippen LogP contribution >= 0.6 is 22.7 Å². The van der Waals surface area contributed by atoms with Crippen LogP contribution in [0, 0.1) is 6.92 Å². The largest absolute Gasteiger partial charge is 0.355 e. The van der Waals surface area contributed by atoms with Crippen LogP contribution in [0.3, 0.4) is 0 Å². The minimum Gasteiger partial charge on any atom is -0.355 e. The Kier molecular flexibility index (Phi) is 6.02. The third-order valence-electron chi connectivity index (χ3n) is 2.93. The monoisotopic (exact) mass is 338 g/mol. The molecule has 0 aliphatic rings. The number of nitrogens with zero attached hydrogens (tertiary/aromatic N) is 2. The summed E-state index contributed by atoms with van der Waals surface area (Å²) in [5, 5.41) is 8.59. The van der Waals surface area contributed by atoms with E-state index in [9.17, 15) is 9.59 Å². The summed E-state index contributed by atoms with van der Waals surface area (Å²) < 4.78 is 0. The van der Waals surface area contributed by atoms with E-state index in [2.05, 4.69) is 34.4 Å². The van der Waals surface area contributed by atoms with E-state index in [0.717, 1.165) is 17.1 Å². The first-order chi connectivity index (χ1) is 10.6. The van der Waals surface area contributed by atoms with Gasteiger partial charge in [-0.2, -0.15) is 0 Å². The maximum Gasteiger partial charge on any atom is 0.235 e. The highest BCUT2D eigenvalue weighted by Crippen LogP contribution is 2.18. The van der Waals surface area contributed by atoms with E-state index >= 15 is 0 Å². The molecule has 0 spiro atoms. The summed E-state index contributed by atoms with van der Waals surface area (Å²) in [6.45, 7) is 4.62. The number of carbonyl (C=O) groups is 2. The van der Waals surface area contributed by atoms with Gasteiger partial charge in [0.25, 0.3) is 0 Å². The number of carbonyl (C=O) groups excluding carboxylic acids is 2. The molecule has 0 bridgehead atoms. The third-order valence-corrected chi connectivity index (χ3v) is 4.69. The van der Waals surface area contributed by atoms with Gasteiger partial charge in [-0.25, -0.2) is 9.97 Å². The number of nitrogens with one attached hydrogen (secondary N) is 2. The quantitative estimate of drug-likeness (QED) is 0.758. The van der Waals surface area contributed by atoms with Crippen LogP contribution < -0.4 is 10.6 Å². The summed E-state index contributed by atoms with van der Waals surface area (Å²) in [6.07, 6.45) is 3.01. The van der Waals surface area contributed by atoms with Crippen molar-refractivity contribution in [1.29, 1.82) is 0 Å². The van der Waals surface area contributed by atoms with E-state index < -0.39 is 0 Å². The Hall–Kier alpha value is -1.80. The Labute approximate surface area is 137 Å². The van der Waals surface area contributed by atoms with Gasteiger partial charge >= 0.3 is 0 Å². The van der Waals surface area contributed by atoms with E-state index in [1.54, 1.807) is 22.9 Å². The fourth-order valence-electron chi connectivity index (χ4n) is 1.89. The molecule has 2 N–H and O–H groups in total. The van der Waals surface area contributed by atoms with Crippen LogP contribution in [0.25, 0.3) is 0 Å². The number of hydrogen-bond donors (Lipinski definition) is 2. The number of anilines is 1. The van der Waals surface area contributed by atoms with Crippen LogP contribution in [0.15, 0.2) is 11.6 Å². The van der Waals surface area contributed by atoms with Gasteiger partial charge in [-0.05, 0) is 13.3 Å². The second-order valence-electron chi connectivity index (χ2n) is 4.63. The summed E-state index contributed by atoms with van der Waals surface area (Å²) in [7, 11) is 0. The molecule has 0 unspecified atom stereocenters. The molecule has 0 saturated heterocycles. The molecule has 0 saturated carbocycles. The van der Waals surface area contributed by atoms with E-state index in [1.165, 1.54) is 16.2 Å². The summed E-state index contributed by atoms with van der Waals surface area (Å²) in [5.74, 6) is -0.649. The van der Waals surface area contributed by atoms with Gasteiger partial charge in [0.1, 0.15) is 6.42 Å². The molecule has 2 heterocycles. The number of aryl methyl sites for hydroxylation is 2. The minimum absolute atomic E-state index is 0.198. The summed E-state index contributed by atoms with van der Waals surface area (Å²) >= 11 is 2.98. The number of aromatic nitrogens is 2. The molecular weight excluding hydrogens is 320 g/mol. The van der Waals surface area contributed by atoms with E-state index in [0.29, 0.717) is 18.1 Å².